The highest BCUT2D eigenvalue weighted by Gasteiger charge is 2.27. The number of carbonyl (C=O) groups excluding carboxylic acids is 2. The third kappa shape index (κ3) is 39.6. The van der Waals surface area contributed by atoms with Crippen LogP contribution in [-0.2, 0) is 32.7 Å². The summed E-state index contributed by atoms with van der Waals surface area (Å²) in [7, 11) is -4.64. The molecule has 0 aromatic heterocycles. The summed E-state index contributed by atoms with van der Waals surface area (Å²) in [6, 6.07) is 0. The predicted molar refractivity (Wildman–Crippen MR) is 228 cm³/mol. The first-order valence-corrected chi connectivity index (χ1v) is 22.9. The Morgan fingerprint density at radius 2 is 1.00 bits per heavy atom. The Bertz CT molecular complexity index is 1160. The minimum Gasteiger partial charge on any atom is -0.462 e. The Labute approximate surface area is 339 Å². The SMILES string of the molecule is CC/C=C\C/C=C\C/C=C\C/C=C\C/C=C\CCCC(=O)OC(COC(=O)CCCCCCC/C=C\CCCCCCCCC)COP(=O)(O)OCC(O)CO. The molecule has 3 N–H and O–H groups in total. The van der Waals surface area contributed by atoms with E-state index in [2.05, 4.69) is 79.1 Å². The maximum atomic E-state index is 12.6. The van der Waals surface area contributed by atoms with E-state index in [0.717, 1.165) is 70.6 Å². The van der Waals surface area contributed by atoms with Crippen LogP contribution < -0.4 is 0 Å². The fourth-order valence-electron chi connectivity index (χ4n) is 5.32. The van der Waals surface area contributed by atoms with Gasteiger partial charge in [0.2, 0.25) is 0 Å². The molecule has 3 atom stereocenters. The summed E-state index contributed by atoms with van der Waals surface area (Å²) in [4.78, 5) is 34.9. The normalized spacial score (nSPS) is 14.6. The number of unbranched alkanes of at least 4 members (excludes halogenated alkanes) is 13. The van der Waals surface area contributed by atoms with Crippen LogP contribution in [0.3, 0.4) is 0 Å². The lowest BCUT2D eigenvalue weighted by atomic mass is 10.1. The van der Waals surface area contributed by atoms with Crippen molar-refractivity contribution in [2.45, 2.75) is 174 Å². The predicted octanol–water partition coefficient (Wildman–Crippen LogP) is 11.3. The molecule has 0 saturated heterocycles. The maximum absolute atomic E-state index is 12.6. The van der Waals surface area contributed by atoms with Crippen LogP contribution in [0.2, 0.25) is 0 Å². The summed E-state index contributed by atoms with van der Waals surface area (Å²) in [5, 5.41) is 18.3. The molecule has 0 rings (SSSR count). The van der Waals surface area contributed by atoms with Crippen molar-refractivity contribution in [3.05, 3.63) is 72.9 Å². The second kappa shape index (κ2) is 40.6. The first kappa shape index (κ1) is 53.4. The van der Waals surface area contributed by atoms with Crippen LogP contribution in [0.1, 0.15) is 162 Å². The lowest BCUT2D eigenvalue weighted by Gasteiger charge is -2.20. The molecule has 0 bridgehead atoms. The summed E-state index contributed by atoms with van der Waals surface area (Å²) in [6.07, 6.45) is 45.9. The third-order valence-electron chi connectivity index (χ3n) is 8.59. The van der Waals surface area contributed by atoms with Crippen LogP contribution in [0.5, 0.6) is 0 Å². The van der Waals surface area contributed by atoms with Crippen molar-refractivity contribution in [3.63, 3.8) is 0 Å². The molecule has 0 spiro atoms. The minimum atomic E-state index is -4.64. The molecule has 0 saturated carbocycles. The standard InChI is InChI=1S/C45H77O10P/c1-3-5-7-9-11-13-15-17-19-21-23-25-27-29-31-33-35-37-45(49)55-43(41-54-56(50,51)53-39-42(47)38-46)40-52-44(48)36-34-32-30-28-26-24-22-20-18-16-14-12-10-8-6-4-2/h5,7,11,13,17,19-20,22-23,25,29,31,42-43,46-47H,3-4,6,8-10,12,14-16,18,21,24,26-28,30,32-41H2,1-2H3,(H,50,51)/b7-5-,13-11-,19-17-,22-20-,25-23-,31-29-. The molecule has 10 nitrogen and oxygen atoms in total. The van der Waals surface area contributed by atoms with Gasteiger partial charge in [-0.25, -0.2) is 4.57 Å². The van der Waals surface area contributed by atoms with E-state index in [4.69, 9.17) is 19.1 Å². The zero-order valence-corrected chi connectivity index (χ0v) is 35.7. The number of aliphatic hydroxyl groups excluding tert-OH is 2. The molecule has 322 valence electrons. The molecule has 56 heavy (non-hydrogen) atoms. The van der Waals surface area contributed by atoms with Crippen LogP contribution in [-0.4, -0.2) is 65.7 Å². The summed E-state index contributed by atoms with van der Waals surface area (Å²) in [5.74, 6) is -1.01. The van der Waals surface area contributed by atoms with Gasteiger partial charge in [-0.1, -0.05) is 145 Å². The highest BCUT2D eigenvalue weighted by Crippen LogP contribution is 2.43. The smallest absolute Gasteiger partial charge is 0.462 e. The van der Waals surface area contributed by atoms with Crippen molar-refractivity contribution >= 4 is 19.8 Å². The van der Waals surface area contributed by atoms with Crippen molar-refractivity contribution in [2.24, 2.45) is 0 Å². The Morgan fingerprint density at radius 3 is 1.55 bits per heavy atom. The molecule has 0 aliphatic heterocycles. The van der Waals surface area contributed by atoms with Gasteiger partial charge in [-0.15, -0.1) is 0 Å². The Kier molecular flexibility index (Phi) is 38.7. The maximum Gasteiger partial charge on any atom is 0.472 e. The molecular weight excluding hydrogens is 731 g/mol. The molecule has 0 aromatic rings. The number of esters is 2. The number of rotatable bonds is 39. The number of hydrogen-bond donors (Lipinski definition) is 3. The van der Waals surface area contributed by atoms with Crippen molar-refractivity contribution in [2.75, 3.05) is 26.4 Å². The van der Waals surface area contributed by atoms with Crippen LogP contribution in [0.15, 0.2) is 72.9 Å². The Hall–Kier alpha value is -2.59. The van der Waals surface area contributed by atoms with Crippen molar-refractivity contribution in [1.29, 1.82) is 0 Å². The lowest BCUT2D eigenvalue weighted by Crippen LogP contribution is -2.29. The molecule has 0 amide bonds. The van der Waals surface area contributed by atoms with Gasteiger partial charge in [0.05, 0.1) is 19.8 Å². The summed E-state index contributed by atoms with van der Waals surface area (Å²) in [5.41, 5.74) is 0. The number of phosphoric acid groups is 1. The number of phosphoric ester groups is 1. The van der Waals surface area contributed by atoms with Crippen molar-refractivity contribution in [1.82, 2.24) is 0 Å². The molecule has 0 aliphatic rings. The van der Waals surface area contributed by atoms with Gasteiger partial charge in [-0.2, -0.15) is 0 Å². The second-order valence-electron chi connectivity index (χ2n) is 14.0. The van der Waals surface area contributed by atoms with E-state index < -0.39 is 51.8 Å². The van der Waals surface area contributed by atoms with Crippen molar-refractivity contribution in [3.8, 4) is 0 Å². The van der Waals surface area contributed by atoms with Gasteiger partial charge in [0, 0.05) is 12.8 Å². The number of hydrogen-bond acceptors (Lipinski definition) is 9. The number of allylic oxidation sites excluding steroid dienone is 12. The third-order valence-corrected chi connectivity index (χ3v) is 9.55. The fraction of sp³-hybridized carbons (Fsp3) is 0.689. The zero-order chi connectivity index (χ0) is 41.2. The van der Waals surface area contributed by atoms with Gasteiger partial charge in [-0.3, -0.25) is 18.6 Å². The molecule has 3 unspecified atom stereocenters. The molecule has 0 radical (unpaired) electrons. The minimum absolute atomic E-state index is 0.101. The fourth-order valence-corrected chi connectivity index (χ4v) is 6.11. The zero-order valence-electron chi connectivity index (χ0n) is 34.8. The Morgan fingerprint density at radius 1 is 0.554 bits per heavy atom. The van der Waals surface area contributed by atoms with E-state index in [1.165, 1.54) is 44.9 Å². The van der Waals surface area contributed by atoms with Crippen LogP contribution in [0, 0.1) is 0 Å². The van der Waals surface area contributed by atoms with Gasteiger partial charge < -0.3 is 24.6 Å². The van der Waals surface area contributed by atoms with Crippen LogP contribution in [0.25, 0.3) is 0 Å². The molecular formula is C45H77O10P. The number of carbonyl (C=O) groups is 2. The van der Waals surface area contributed by atoms with Gasteiger partial charge in [-0.05, 0) is 77.0 Å². The topological polar surface area (TPSA) is 149 Å². The molecule has 0 aliphatic carbocycles. The number of aliphatic hydroxyl groups is 2. The highest BCUT2D eigenvalue weighted by molar-refractivity contribution is 7.47. The van der Waals surface area contributed by atoms with E-state index in [-0.39, 0.29) is 19.4 Å². The molecule has 0 heterocycles. The van der Waals surface area contributed by atoms with E-state index in [1.54, 1.807) is 0 Å². The second-order valence-corrected chi connectivity index (χ2v) is 15.4. The number of ether oxygens (including phenoxy) is 2. The van der Waals surface area contributed by atoms with E-state index in [1.807, 2.05) is 12.2 Å². The molecule has 0 fully saturated rings. The summed E-state index contributed by atoms with van der Waals surface area (Å²) < 4.78 is 32.6. The van der Waals surface area contributed by atoms with Gasteiger partial charge in [0.1, 0.15) is 12.7 Å². The first-order chi connectivity index (χ1) is 27.2. The monoisotopic (exact) mass is 809 g/mol. The first-order valence-electron chi connectivity index (χ1n) is 21.4. The largest absolute Gasteiger partial charge is 0.472 e. The van der Waals surface area contributed by atoms with E-state index >= 15 is 0 Å². The quantitative estimate of drug-likeness (QED) is 0.0237. The summed E-state index contributed by atoms with van der Waals surface area (Å²) in [6.45, 7) is 2.17. The summed E-state index contributed by atoms with van der Waals surface area (Å²) >= 11 is 0. The Balaban J connectivity index is 4.43. The van der Waals surface area contributed by atoms with Crippen molar-refractivity contribution < 1.29 is 47.8 Å². The van der Waals surface area contributed by atoms with E-state index in [9.17, 15) is 24.2 Å². The highest BCUT2D eigenvalue weighted by atomic mass is 31.2. The average molecular weight is 809 g/mol. The van der Waals surface area contributed by atoms with E-state index in [0.29, 0.717) is 19.3 Å². The molecule has 0 aromatic carbocycles. The molecule has 11 heteroatoms. The van der Waals surface area contributed by atoms with Gasteiger partial charge >= 0.3 is 19.8 Å². The van der Waals surface area contributed by atoms with Gasteiger partial charge in [0.15, 0.2) is 6.10 Å². The average Bonchev–Trinajstić information content (AvgIpc) is 3.19. The lowest BCUT2D eigenvalue weighted by molar-refractivity contribution is -0.161. The van der Waals surface area contributed by atoms with Gasteiger partial charge in [0.25, 0.3) is 0 Å². The van der Waals surface area contributed by atoms with Crippen LogP contribution >= 0.6 is 7.82 Å². The van der Waals surface area contributed by atoms with Crippen LogP contribution in [0.4, 0.5) is 0 Å².